The van der Waals surface area contributed by atoms with Gasteiger partial charge >= 0.3 is 0 Å². The Balaban J connectivity index is 2.02. The van der Waals surface area contributed by atoms with Crippen molar-refractivity contribution in [2.45, 2.75) is 19.8 Å². The summed E-state index contributed by atoms with van der Waals surface area (Å²) < 4.78 is 10.4. The molecule has 0 radical (unpaired) electrons. The Kier molecular flexibility index (Phi) is 5.94. The summed E-state index contributed by atoms with van der Waals surface area (Å²) >= 11 is 0. The second-order valence-electron chi connectivity index (χ2n) is 5.53. The number of hydrogen-bond donors (Lipinski definition) is 1. The van der Waals surface area contributed by atoms with E-state index in [4.69, 9.17) is 9.47 Å². The first-order valence-electron chi connectivity index (χ1n) is 7.69. The number of methoxy groups -OCH3 is 2. The number of carbonyl (C=O) groups excluding carboxylic acids is 1. The van der Waals surface area contributed by atoms with Gasteiger partial charge in [0.25, 0.3) is 5.69 Å². The smallest absolute Gasteiger partial charge is 0.274 e. The lowest BCUT2D eigenvalue weighted by molar-refractivity contribution is -0.385. The Bertz CT molecular complexity index is 767. The van der Waals surface area contributed by atoms with E-state index in [1.165, 1.54) is 6.07 Å². The van der Waals surface area contributed by atoms with Gasteiger partial charge in [-0.3, -0.25) is 14.9 Å². The van der Waals surface area contributed by atoms with E-state index in [2.05, 4.69) is 5.32 Å². The fourth-order valence-corrected chi connectivity index (χ4v) is 2.38. The van der Waals surface area contributed by atoms with Gasteiger partial charge in [-0.25, -0.2) is 0 Å². The zero-order valence-electron chi connectivity index (χ0n) is 14.4. The quantitative estimate of drug-likeness (QED) is 0.613. The Morgan fingerprint density at radius 1 is 1.12 bits per heavy atom. The van der Waals surface area contributed by atoms with E-state index in [1.54, 1.807) is 39.3 Å². The van der Waals surface area contributed by atoms with Gasteiger partial charge in [0.2, 0.25) is 5.91 Å². The van der Waals surface area contributed by atoms with E-state index < -0.39 is 4.92 Å². The molecule has 0 unspecified atom stereocenters. The summed E-state index contributed by atoms with van der Waals surface area (Å²) in [5, 5.41) is 13.6. The van der Waals surface area contributed by atoms with Crippen LogP contribution in [0.15, 0.2) is 36.4 Å². The van der Waals surface area contributed by atoms with Crippen LogP contribution in [0.1, 0.15) is 17.5 Å². The number of nitrogens with zero attached hydrogens (tertiary/aromatic N) is 1. The van der Waals surface area contributed by atoms with Crippen LogP contribution >= 0.6 is 0 Å². The molecule has 7 nitrogen and oxygen atoms in total. The van der Waals surface area contributed by atoms with E-state index in [1.807, 2.05) is 12.1 Å². The molecule has 0 aliphatic rings. The molecule has 25 heavy (non-hydrogen) atoms. The average Bonchev–Trinajstić information content (AvgIpc) is 2.61. The van der Waals surface area contributed by atoms with Crippen molar-refractivity contribution < 1.29 is 19.2 Å². The summed E-state index contributed by atoms with van der Waals surface area (Å²) in [5.41, 5.74) is 1.84. The third kappa shape index (κ3) is 4.94. The first-order valence-corrected chi connectivity index (χ1v) is 7.69. The monoisotopic (exact) mass is 344 g/mol. The Hall–Kier alpha value is -3.09. The number of nitro benzene ring substituents is 1. The minimum absolute atomic E-state index is 0.0182. The summed E-state index contributed by atoms with van der Waals surface area (Å²) in [7, 11) is 3.13. The fraction of sp³-hybridized carbons (Fsp3) is 0.278. The Labute approximate surface area is 145 Å². The summed E-state index contributed by atoms with van der Waals surface area (Å²) in [6.45, 7) is 1.65. The van der Waals surface area contributed by atoms with Crippen molar-refractivity contribution >= 4 is 17.3 Å². The number of ether oxygens (including phenoxy) is 2. The molecule has 0 saturated heterocycles. The highest BCUT2D eigenvalue weighted by Gasteiger charge is 2.12. The van der Waals surface area contributed by atoms with Gasteiger partial charge in [0.1, 0.15) is 11.5 Å². The summed E-state index contributed by atoms with van der Waals surface area (Å²) in [5.74, 6) is 1.09. The third-order valence-electron chi connectivity index (χ3n) is 3.74. The van der Waals surface area contributed by atoms with Gasteiger partial charge in [-0.15, -0.1) is 0 Å². The lowest BCUT2D eigenvalue weighted by atomic mass is 10.1. The van der Waals surface area contributed by atoms with Crippen LogP contribution in [0, 0.1) is 17.0 Å². The van der Waals surface area contributed by atoms with E-state index in [9.17, 15) is 14.9 Å². The van der Waals surface area contributed by atoms with Crippen molar-refractivity contribution in [1.29, 1.82) is 0 Å². The topological polar surface area (TPSA) is 90.7 Å². The van der Waals surface area contributed by atoms with Crippen molar-refractivity contribution in [3.8, 4) is 11.5 Å². The standard InChI is InChI=1S/C18H20N2O5/c1-12-4-6-14(10-17(12)20(22)23)19-18(21)7-5-13-8-15(24-2)11-16(9-13)25-3/h4,6,8-11H,5,7H2,1-3H3,(H,19,21). The summed E-state index contributed by atoms with van der Waals surface area (Å²) in [6.07, 6.45) is 0.728. The van der Waals surface area contributed by atoms with Crippen molar-refractivity contribution in [3.05, 3.63) is 57.6 Å². The number of anilines is 1. The maximum absolute atomic E-state index is 12.1. The lowest BCUT2D eigenvalue weighted by Crippen LogP contribution is -2.12. The number of carbonyl (C=O) groups is 1. The highest BCUT2D eigenvalue weighted by Crippen LogP contribution is 2.24. The molecule has 0 aromatic heterocycles. The van der Waals surface area contributed by atoms with Gasteiger partial charge in [0.15, 0.2) is 0 Å². The summed E-state index contributed by atoms with van der Waals surface area (Å²) in [4.78, 5) is 22.6. The SMILES string of the molecule is COc1cc(CCC(=O)Nc2ccc(C)c([N+](=O)[O-])c2)cc(OC)c1. The summed E-state index contributed by atoms with van der Waals surface area (Å²) in [6, 6.07) is 10.1. The number of nitro groups is 1. The third-order valence-corrected chi connectivity index (χ3v) is 3.74. The molecular weight excluding hydrogens is 324 g/mol. The van der Waals surface area contributed by atoms with Gasteiger partial charge in [-0.2, -0.15) is 0 Å². The molecule has 0 fully saturated rings. The second-order valence-corrected chi connectivity index (χ2v) is 5.53. The van der Waals surface area contributed by atoms with E-state index in [0.717, 1.165) is 5.56 Å². The number of nitrogens with one attached hydrogen (secondary N) is 1. The molecule has 1 N–H and O–H groups in total. The van der Waals surface area contributed by atoms with Crippen molar-refractivity contribution in [2.24, 2.45) is 0 Å². The number of amides is 1. The molecule has 2 aromatic carbocycles. The number of hydrogen-bond acceptors (Lipinski definition) is 5. The minimum Gasteiger partial charge on any atom is -0.497 e. The lowest BCUT2D eigenvalue weighted by Gasteiger charge is -2.09. The average molecular weight is 344 g/mol. The first kappa shape index (κ1) is 18.3. The fourth-order valence-electron chi connectivity index (χ4n) is 2.38. The van der Waals surface area contributed by atoms with Crippen molar-refractivity contribution in [2.75, 3.05) is 19.5 Å². The molecule has 0 bridgehead atoms. The molecule has 1 amide bonds. The van der Waals surface area contributed by atoms with Crippen LogP contribution in [0.25, 0.3) is 0 Å². The van der Waals surface area contributed by atoms with Crippen LogP contribution in [0.5, 0.6) is 11.5 Å². The predicted molar refractivity (Wildman–Crippen MR) is 94.3 cm³/mol. The Morgan fingerprint density at radius 3 is 2.32 bits per heavy atom. The zero-order valence-corrected chi connectivity index (χ0v) is 14.4. The molecule has 2 rings (SSSR count). The maximum atomic E-state index is 12.1. The van der Waals surface area contributed by atoms with Crippen LogP contribution < -0.4 is 14.8 Å². The molecule has 0 aliphatic carbocycles. The molecule has 0 aliphatic heterocycles. The molecule has 0 saturated carbocycles. The van der Waals surface area contributed by atoms with E-state index >= 15 is 0 Å². The van der Waals surface area contributed by atoms with Crippen LogP contribution in [0.3, 0.4) is 0 Å². The second kappa shape index (κ2) is 8.14. The largest absolute Gasteiger partial charge is 0.497 e. The number of benzene rings is 2. The Morgan fingerprint density at radius 2 is 1.76 bits per heavy atom. The highest BCUT2D eigenvalue weighted by atomic mass is 16.6. The van der Waals surface area contributed by atoms with Crippen LogP contribution in [-0.2, 0) is 11.2 Å². The number of rotatable bonds is 7. The van der Waals surface area contributed by atoms with E-state index in [-0.39, 0.29) is 18.0 Å². The molecule has 132 valence electrons. The zero-order chi connectivity index (χ0) is 18.4. The first-order chi connectivity index (χ1) is 11.9. The molecular formula is C18H20N2O5. The molecule has 2 aromatic rings. The van der Waals surface area contributed by atoms with Crippen LogP contribution in [0.2, 0.25) is 0 Å². The molecule has 0 spiro atoms. The van der Waals surface area contributed by atoms with Crippen LogP contribution in [0.4, 0.5) is 11.4 Å². The molecule has 0 atom stereocenters. The van der Waals surface area contributed by atoms with Gasteiger partial charge in [-0.05, 0) is 37.1 Å². The van der Waals surface area contributed by atoms with Gasteiger partial charge in [0.05, 0.1) is 19.1 Å². The molecule has 7 heteroatoms. The van der Waals surface area contributed by atoms with Gasteiger partial charge in [-0.1, -0.05) is 6.07 Å². The number of aryl methyl sites for hydroxylation is 2. The molecule has 0 heterocycles. The normalized spacial score (nSPS) is 10.2. The van der Waals surface area contributed by atoms with Crippen LogP contribution in [-0.4, -0.2) is 25.1 Å². The predicted octanol–water partition coefficient (Wildman–Crippen LogP) is 3.49. The highest BCUT2D eigenvalue weighted by molar-refractivity contribution is 5.91. The van der Waals surface area contributed by atoms with Crippen molar-refractivity contribution in [1.82, 2.24) is 0 Å². The van der Waals surface area contributed by atoms with E-state index in [0.29, 0.717) is 29.2 Å². The van der Waals surface area contributed by atoms with Crippen molar-refractivity contribution in [3.63, 3.8) is 0 Å². The minimum atomic E-state index is -0.465. The van der Waals surface area contributed by atoms with Gasteiger partial charge < -0.3 is 14.8 Å². The van der Waals surface area contributed by atoms with Gasteiger partial charge in [0, 0.05) is 29.8 Å². The maximum Gasteiger partial charge on any atom is 0.274 e.